The van der Waals surface area contributed by atoms with Crippen molar-refractivity contribution in [1.29, 1.82) is 0 Å². The summed E-state index contributed by atoms with van der Waals surface area (Å²) in [6.07, 6.45) is 0.744. The van der Waals surface area contributed by atoms with E-state index in [2.05, 4.69) is 15.0 Å². The third kappa shape index (κ3) is 4.10. The second-order valence-corrected chi connectivity index (χ2v) is 7.58. The van der Waals surface area contributed by atoms with Gasteiger partial charge in [-0.1, -0.05) is 41.9 Å². The molecular formula is C21H20ClN5O4. The zero-order chi connectivity index (χ0) is 22.1. The molecule has 31 heavy (non-hydrogen) atoms. The zero-order valence-corrected chi connectivity index (χ0v) is 17.6. The first-order valence-corrected chi connectivity index (χ1v) is 9.93. The standard InChI is InChI=1S/C21H20ClN5O4/c1-12(28)10-27-18-16(19(29)25-21(27)30)26(2)17(24-18)14-8-15(22)20(23-9-14)31-11-13-6-4-3-5-7-13/h3-9,12,28H,10-11H2,1-2H3,(H,25,29,30). The van der Waals surface area contributed by atoms with E-state index in [1.807, 2.05) is 30.3 Å². The molecule has 0 bridgehead atoms. The van der Waals surface area contributed by atoms with E-state index in [-0.39, 0.29) is 28.6 Å². The first-order valence-electron chi connectivity index (χ1n) is 9.55. The van der Waals surface area contributed by atoms with Crippen LogP contribution >= 0.6 is 11.6 Å². The van der Waals surface area contributed by atoms with Crippen LogP contribution in [0, 0.1) is 0 Å². The fraction of sp³-hybridized carbons (Fsp3) is 0.238. The number of nitrogens with one attached hydrogen (secondary N) is 1. The smallest absolute Gasteiger partial charge is 0.330 e. The third-order valence-electron chi connectivity index (χ3n) is 4.74. The van der Waals surface area contributed by atoms with Crippen molar-refractivity contribution in [3.63, 3.8) is 0 Å². The Balaban J connectivity index is 1.72. The Kier molecular flexibility index (Phi) is 5.62. The highest BCUT2D eigenvalue weighted by atomic mass is 35.5. The summed E-state index contributed by atoms with van der Waals surface area (Å²) in [5.41, 5.74) is 0.707. The van der Waals surface area contributed by atoms with Gasteiger partial charge in [-0.25, -0.2) is 14.8 Å². The number of H-pyrrole nitrogens is 1. The van der Waals surface area contributed by atoms with Crippen LogP contribution in [0.1, 0.15) is 12.5 Å². The van der Waals surface area contributed by atoms with E-state index in [1.54, 1.807) is 30.8 Å². The van der Waals surface area contributed by atoms with Crippen LogP contribution in [0.25, 0.3) is 22.6 Å². The van der Waals surface area contributed by atoms with Crippen molar-refractivity contribution in [3.05, 3.63) is 74.0 Å². The minimum Gasteiger partial charge on any atom is -0.472 e. The molecule has 3 heterocycles. The molecule has 1 unspecified atom stereocenters. The molecular weight excluding hydrogens is 422 g/mol. The number of benzene rings is 1. The van der Waals surface area contributed by atoms with E-state index in [0.717, 1.165) is 5.56 Å². The number of ether oxygens (including phenoxy) is 1. The minimum atomic E-state index is -0.797. The molecule has 4 rings (SSSR count). The Bertz CT molecular complexity index is 1360. The average molecular weight is 442 g/mol. The fourth-order valence-corrected chi connectivity index (χ4v) is 3.54. The number of rotatable bonds is 6. The summed E-state index contributed by atoms with van der Waals surface area (Å²) < 4.78 is 8.50. The lowest BCUT2D eigenvalue weighted by atomic mass is 10.2. The van der Waals surface area contributed by atoms with E-state index < -0.39 is 17.4 Å². The normalized spacial score (nSPS) is 12.3. The fourth-order valence-electron chi connectivity index (χ4n) is 3.32. The summed E-state index contributed by atoms with van der Waals surface area (Å²) in [4.78, 5) is 35.7. The van der Waals surface area contributed by atoms with Gasteiger partial charge in [0.15, 0.2) is 11.2 Å². The quantitative estimate of drug-likeness (QED) is 0.473. The van der Waals surface area contributed by atoms with Crippen molar-refractivity contribution in [3.8, 4) is 17.3 Å². The van der Waals surface area contributed by atoms with Gasteiger partial charge in [-0.05, 0) is 18.6 Å². The van der Waals surface area contributed by atoms with Crippen LogP contribution in [0.2, 0.25) is 5.02 Å². The highest BCUT2D eigenvalue weighted by Gasteiger charge is 2.19. The lowest BCUT2D eigenvalue weighted by Gasteiger charge is -2.08. The number of aliphatic hydroxyl groups is 1. The molecule has 0 aliphatic heterocycles. The van der Waals surface area contributed by atoms with Crippen molar-refractivity contribution >= 4 is 22.8 Å². The van der Waals surface area contributed by atoms with Crippen molar-refractivity contribution in [2.75, 3.05) is 0 Å². The van der Waals surface area contributed by atoms with Crippen molar-refractivity contribution < 1.29 is 9.84 Å². The van der Waals surface area contributed by atoms with Gasteiger partial charge in [-0.15, -0.1) is 0 Å². The number of imidazole rings is 1. The summed E-state index contributed by atoms with van der Waals surface area (Å²) in [5.74, 6) is 0.673. The molecule has 10 heteroatoms. The van der Waals surface area contributed by atoms with E-state index in [0.29, 0.717) is 18.0 Å². The average Bonchev–Trinajstić information content (AvgIpc) is 3.08. The molecule has 4 aromatic rings. The number of nitrogens with zero attached hydrogens (tertiary/aromatic N) is 4. The van der Waals surface area contributed by atoms with Crippen molar-refractivity contribution in [2.45, 2.75) is 26.2 Å². The molecule has 0 radical (unpaired) electrons. The second-order valence-electron chi connectivity index (χ2n) is 7.17. The number of pyridine rings is 1. The first-order chi connectivity index (χ1) is 14.8. The van der Waals surface area contributed by atoms with Gasteiger partial charge in [-0.2, -0.15) is 0 Å². The molecule has 0 saturated carbocycles. The third-order valence-corrected chi connectivity index (χ3v) is 5.01. The van der Waals surface area contributed by atoms with Gasteiger partial charge in [-0.3, -0.25) is 14.3 Å². The van der Waals surface area contributed by atoms with Crippen LogP contribution in [-0.4, -0.2) is 35.3 Å². The molecule has 9 nitrogen and oxygen atoms in total. The maximum Gasteiger partial charge on any atom is 0.330 e. The Morgan fingerprint density at radius 1 is 1.26 bits per heavy atom. The SMILES string of the molecule is CC(O)Cn1c(=O)[nH]c(=O)c2c1nc(-c1cnc(OCc3ccccc3)c(Cl)c1)n2C. The van der Waals surface area contributed by atoms with Crippen molar-refractivity contribution in [1.82, 2.24) is 24.1 Å². The van der Waals surface area contributed by atoms with Crippen LogP contribution in [0.15, 0.2) is 52.2 Å². The number of halogens is 1. The Labute approximate surface area is 181 Å². The molecule has 0 fully saturated rings. The summed E-state index contributed by atoms with van der Waals surface area (Å²) in [7, 11) is 1.66. The predicted octanol–water partition coefficient (Wildman–Crippen LogP) is 2.10. The van der Waals surface area contributed by atoms with Crippen molar-refractivity contribution in [2.24, 2.45) is 7.05 Å². The number of aromatic nitrogens is 5. The topological polar surface area (TPSA) is 115 Å². The summed E-state index contributed by atoms with van der Waals surface area (Å²) in [6.45, 7) is 1.86. The molecule has 160 valence electrons. The molecule has 2 N–H and O–H groups in total. The first kappa shape index (κ1) is 20.8. The van der Waals surface area contributed by atoms with Crippen LogP contribution in [0.5, 0.6) is 5.88 Å². The van der Waals surface area contributed by atoms with Gasteiger partial charge in [0.05, 0.1) is 12.6 Å². The summed E-state index contributed by atoms with van der Waals surface area (Å²) in [6, 6.07) is 11.3. The Morgan fingerprint density at radius 2 is 2.00 bits per heavy atom. The van der Waals surface area contributed by atoms with Gasteiger partial charge in [0.1, 0.15) is 17.5 Å². The highest BCUT2D eigenvalue weighted by Crippen LogP contribution is 2.29. The van der Waals surface area contributed by atoms with Gasteiger partial charge in [0, 0.05) is 18.8 Å². The number of aryl methyl sites for hydroxylation is 1. The molecule has 3 aromatic heterocycles. The maximum atomic E-state index is 12.4. The predicted molar refractivity (Wildman–Crippen MR) is 116 cm³/mol. The van der Waals surface area contributed by atoms with Crippen LogP contribution in [0.3, 0.4) is 0 Å². The molecule has 0 amide bonds. The molecule has 1 atom stereocenters. The van der Waals surface area contributed by atoms with Gasteiger partial charge < -0.3 is 14.4 Å². The molecule has 0 aliphatic rings. The number of fused-ring (bicyclic) bond motifs is 1. The highest BCUT2D eigenvalue weighted by molar-refractivity contribution is 6.32. The number of hydrogen-bond acceptors (Lipinski definition) is 6. The molecule has 0 saturated heterocycles. The second kappa shape index (κ2) is 8.37. The van der Waals surface area contributed by atoms with Gasteiger partial charge in [0.2, 0.25) is 5.88 Å². The molecule has 1 aromatic carbocycles. The monoisotopic (exact) mass is 441 g/mol. The molecule has 0 aliphatic carbocycles. The number of aliphatic hydroxyl groups excluding tert-OH is 1. The molecule has 0 spiro atoms. The Hall–Kier alpha value is -3.43. The van der Waals surface area contributed by atoms with Crippen LogP contribution < -0.4 is 16.0 Å². The van der Waals surface area contributed by atoms with E-state index >= 15 is 0 Å². The lowest BCUT2D eigenvalue weighted by Crippen LogP contribution is -2.33. The summed E-state index contributed by atoms with van der Waals surface area (Å²) in [5, 5.41) is 10.0. The van der Waals surface area contributed by atoms with E-state index in [4.69, 9.17) is 16.3 Å². The minimum absolute atomic E-state index is 0.00611. The van der Waals surface area contributed by atoms with E-state index in [1.165, 1.54) is 4.57 Å². The van der Waals surface area contributed by atoms with Gasteiger partial charge in [0.25, 0.3) is 5.56 Å². The van der Waals surface area contributed by atoms with E-state index in [9.17, 15) is 14.7 Å². The Morgan fingerprint density at radius 3 is 2.68 bits per heavy atom. The maximum absolute atomic E-state index is 12.4. The zero-order valence-electron chi connectivity index (χ0n) is 16.9. The largest absolute Gasteiger partial charge is 0.472 e. The van der Waals surface area contributed by atoms with Gasteiger partial charge >= 0.3 is 5.69 Å². The van der Waals surface area contributed by atoms with Crippen LogP contribution in [-0.2, 0) is 20.2 Å². The number of aromatic amines is 1. The number of hydrogen-bond donors (Lipinski definition) is 2. The summed E-state index contributed by atoms with van der Waals surface area (Å²) >= 11 is 6.37. The lowest BCUT2D eigenvalue weighted by molar-refractivity contribution is 0.173. The van der Waals surface area contributed by atoms with Crippen LogP contribution in [0.4, 0.5) is 0 Å².